The molecule has 0 radical (unpaired) electrons. The summed E-state index contributed by atoms with van der Waals surface area (Å²) in [6.07, 6.45) is 0. The van der Waals surface area contributed by atoms with Crippen LogP contribution in [0.1, 0.15) is 6.92 Å². The largest absolute Gasteiger partial charge is 0.394 e. The molecule has 9 N–H and O–H groups in total. The average Bonchev–Trinajstić information content (AvgIpc) is 2.02. The Morgan fingerprint density at radius 2 is 1.38 bits per heavy atom. The lowest BCUT2D eigenvalue weighted by Gasteiger charge is -2.20. The average molecular weight is 310 g/mol. The maximum absolute atomic E-state index is 8.34. The van der Waals surface area contributed by atoms with Crippen molar-refractivity contribution in [3.63, 3.8) is 0 Å². The second kappa shape index (κ2) is 10.6. The molecule has 0 aliphatic heterocycles. The van der Waals surface area contributed by atoms with Crippen molar-refractivity contribution < 1.29 is 20.4 Å². The molecule has 0 aliphatic rings. The minimum atomic E-state index is -1.21. The molecule has 0 saturated heterocycles. The van der Waals surface area contributed by atoms with Gasteiger partial charge in [0.2, 0.25) is 0 Å². The number of hydrogen-bond acceptors (Lipinski definition) is 6. The second-order valence-electron chi connectivity index (χ2n) is 2.41. The molecule has 6 nitrogen and oxygen atoms in total. The van der Waals surface area contributed by atoms with E-state index < -0.39 is 25.4 Å². The molecule has 0 heterocycles. The molecule has 0 amide bonds. The number of nitrogens with two attached hydrogens (primary N) is 1. The van der Waals surface area contributed by atoms with Gasteiger partial charge >= 0.3 is 0 Å². The Bertz CT molecular complexity index is 89.6. The van der Waals surface area contributed by atoms with Gasteiger partial charge in [0.1, 0.15) is 4.11 Å². The first-order chi connectivity index (χ1) is 5.41. The SMILES string of the molecule is CC(O)I.N.NC(CO)(CO)CO. The van der Waals surface area contributed by atoms with E-state index in [9.17, 15) is 0 Å². The van der Waals surface area contributed by atoms with Crippen molar-refractivity contribution in [3.8, 4) is 0 Å². The number of rotatable bonds is 3. The van der Waals surface area contributed by atoms with Crippen LogP contribution in [-0.4, -0.2) is 49.9 Å². The fourth-order valence-electron chi connectivity index (χ4n) is 0.150. The molecular formula is C6H19IN2O4. The topological polar surface area (TPSA) is 142 Å². The number of aliphatic hydroxyl groups excluding tert-OH is 4. The number of alkyl halides is 1. The Kier molecular flexibility index (Phi) is 15.5. The first-order valence-electron chi connectivity index (χ1n) is 3.35. The van der Waals surface area contributed by atoms with Crippen molar-refractivity contribution in [2.24, 2.45) is 5.73 Å². The highest BCUT2D eigenvalue weighted by atomic mass is 127. The van der Waals surface area contributed by atoms with Crippen LogP contribution < -0.4 is 11.9 Å². The van der Waals surface area contributed by atoms with Gasteiger partial charge in [0, 0.05) is 0 Å². The van der Waals surface area contributed by atoms with Crippen LogP contribution in [0.2, 0.25) is 0 Å². The lowest BCUT2D eigenvalue weighted by Crippen LogP contribution is -2.50. The van der Waals surface area contributed by atoms with E-state index in [0.717, 1.165) is 0 Å². The van der Waals surface area contributed by atoms with Crippen LogP contribution in [0.4, 0.5) is 0 Å². The van der Waals surface area contributed by atoms with Crippen molar-refractivity contribution in [3.05, 3.63) is 0 Å². The number of aliphatic hydroxyl groups is 4. The molecule has 0 rings (SSSR count). The van der Waals surface area contributed by atoms with Gasteiger partial charge in [-0.15, -0.1) is 0 Å². The van der Waals surface area contributed by atoms with Gasteiger partial charge in [0.15, 0.2) is 0 Å². The predicted octanol–water partition coefficient (Wildman–Crippen LogP) is -1.42. The van der Waals surface area contributed by atoms with Gasteiger partial charge in [0.05, 0.1) is 25.4 Å². The zero-order valence-corrected chi connectivity index (χ0v) is 9.81. The minimum Gasteiger partial charge on any atom is -0.394 e. The van der Waals surface area contributed by atoms with Crippen molar-refractivity contribution in [2.45, 2.75) is 16.6 Å². The lowest BCUT2D eigenvalue weighted by molar-refractivity contribution is 0.0698. The summed E-state index contributed by atoms with van der Waals surface area (Å²) in [7, 11) is 0. The maximum atomic E-state index is 8.34. The van der Waals surface area contributed by atoms with Crippen LogP contribution in [-0.2, 0) is 0 Å². The molecule has 7 heteroatoms. The zero-order chi connectivity index (χ0) is 10.2. The second-order valence-corrected chi connectivity index (χ2v) is 4.21. The minimum absolute atomic E-state index is 0. The first-order valence-corrected chi connectivity index (χ1v) is 4.60. The zero-order valence-electron chi connectivity index (χ0n) is 7.65. The molecular weight excluding hydrogens is 291 g/mol. The third-order valence-corrected chi connectivity index (χ3v) is 0.945. The van der Waals surface area contributed by atoms with Crippen LogP contribution in [0.15, 0.2) is 0 Å². The molecule has 0 spiro atoms. The Labute approximate surface area is 91.5 Å². The molecule has 0 aromatic rings. The highest BCUT2D eigenvalue weighted by molar-refractivity contribution is 14.1. The summed E-state index contributed by atoms with van der Waals surface area (Å²) in [6, 6.07) is 0. The van der Waals surface area contributed by atoms with E-state index in [1.807, 2.05) is 22.6 Å². The van der Waals surface area contributed by atoms with Gasteiger partial charge in [-0.3, -0.25) is 0 Å². The fraction of sp³-hybridized carbons (Fsp3) is 1.00. The molecule has 0 aromatic carbocycles. The van der Waals surface area contributed by atoms with E-state index in [0.29, 0.717) is 0 Å². The first kappa shape index (κ1) is 19.1. The molecule has 84 valence electrons. The standard InChI is InChI=1S/C4H11NO3.C2H5IO.H3N/c5-4(1-6,2-7)3-8;1-2(3)4;/h6-8H,1-3,5H2;2,4H,1H3;1H3. The van der Waals surface area contributed by atoms with Crippen molar-refractivity contribution >= 4 is 22.6 Å². The highest BCUT2D eigenvalue weighted by Crippen LogP contribution is 1.93. The van der Waals surface area contributed by atoms with Crippen LogP contribution in [0.3, 0.4) is 0 Å². The summed E-state index contributed by atoms with van der Waals surface area (Å²) >= 11 is 1.90. The van der Waals surface area contributed by atoms with Crippen molar-refractivity contribution in [1.29, 1.82) is 0 Å². The van der Waals surface area contributed by atoms with Crippen LogP contribution in [0, 0.1) is 0 Å². The van der Waals surface area contributed by atoms with Crippen molar-refractivity contribution in [1.82, 2.24) is 6.15 Å². The van der Waals surface area contributed by atoms with Gasteiger partial charge < -0.3 is 32.3 Å². The molecule has 13 heavy (non-hydrogen) atoms. The lowest BCUT2D eigenvalue weighted by atomic mass is 10.1. The summed E-state index contributed by atoms with van der Waals surface area (Å²) in [5, 5.41) is 33.1. The van der Waals surface area contributed by atoms with E-state index in [-0.39, 0.29) is 10.3 Å². The molecule has 0 bridgehead atoms. The van der Waals surface area contributed by atoms with Gasteiger partial charge in [-0.05, 0) is 6.92 Å². The van der Waals surface area contributed by atoms with E-state index in [1.54, 1.807) is 6.92 Å². The predicted molar refractivity (Wildman–Crippen MR) is 58.9 cm³/mol. The molecule has 0 aliphatic carbocycles. The monoisotopic (exact) mass is 310 g/mol. The summed E-state index contributed by atoms with van der Waals surface area (Å²) in [5.41, 5.74) is 3.94. The normalized spacial score (nSPS) is 12.2. The van der Waals surface area contributed by atoms with Gasteiger partial charge in [-0.2, -0.15) is 0 Å². The Morgan fingerprint density at radius 3 is 1.38 bits per heavy atom. The summed E-state index contributed by atoms with van der Waals surface area (Å²) in [4.78, 5) is 0. The van der Waals surface area contributed by atoms with Gasteiger partial charge in [0.25, 0.3) is 0 Å². The smallest absolute Gasteiger partial charge is 0.102 e. The van der Waals surface area contributed by atoms with Crippen LogP contribution in [0.25, 0.3) is 0 Å². The number of halogens is 1. The van der Waals surface area contributed by atoms with Crippen LogP contribution in [0.5, 0.6) is 0 Å². The Balaban J connectivity index is -0.000000173. The number of hydrogen-bond donors (Lipinski definition) is 6. The third-order valence-electron chi connectivity index (χ3n) is 0.945. The van der Waals surface area contributed by atoms with Crippen molar-refractivity contribution in [2.75, 3.05) is 19.8 Å². The fourth-order valence-corrected chi connectivity index (χ4v) is 0.150. The Morgan fingerprint density at radius 1 is 1.23 bits per heavy atom. The highest BCUT2D eigenvalue weighted by Gasteiger charge is 2.20. The summed E-state index contributed by atoms with van der Waals surface area (Å²) in [5.74, 6) is 0. The van der Waals surface area contributed by atoms with E-state index in [1.165, 1.54) is 0 Å². The Hall–Kier alpha value is 0.490. The summed E-state index contributed by atoms with van der Waals surface area (Å²) < 4.78 is -0.197. The van der Waals surface area contributed by atoms with E-state index in [4.69, 9.17) is 26.2 Å². The molecule has 0 saturated carbocycles. The molecule has 0 fully saturated rings. The maximum Gasteiger partial charge on any atom is 0.102 e. The van der Waals surface area contributed by atoms with Gasteiger partial charge in [-0.1, -0.05) is 22.6 Å². The quantitative estimate of drug-likeness (QED) is 0.279. The molecule has 0 aromatic heterocycles. The third kappa shape index (κ3) is 15.3. The van der Waals surface area contributed by atoms with E-state index >= 15 is 0 Å². The van der Waals surface area contributed by atoms with Crippen LogP contribution >= 0.6 is 22.6 Å². The van der Waals surface area contributed by atoms with E-state index in [2.05, 4.69) is 0 Å². The molecule has 1 atom stereocenters. The van der Waals surface area contributed by atoms with Gasteiger partial charge in [-0.25, -0.2) is 0 Å². The molecule has 1 unspecified atom stereocenters. The summed E-state index contributed by atoms with van der Waals surface area (Å²) in [6.45, 7) is 0.501.